The zero-order valence-electron chi connectivity index (χ0n) is 15.4. The highest BCUT2D eigenvalue weighted by atomic mass is 127. The second-order valence-corrected chi connectivity index (χ2v) is 9.32. The van der Waals surface area contributed by atoms with Gasteiger partial charge < -0.3 is 4.74 Å². The maximum absolute atomic E-state index is 6.40. The van der Waals surface area contributed by atoms with Gasteiger partial charge in [0.1, 0.15) is 5.75 Å². The molecule has 0 unspecified atom stereocenters. The fraction of sp³-hybridized carbons (Fsp3) is 0.545. The van der Waals surface area contributed by atoms with E-state index in [1.54, 1.807) is 0 Å². The summed E-state index contributed by atoms with van der Waals surface area (Å²) >= 11 is 2.45. The molecule has 2 aromatic rings. The number of hydrogen-bond donors (Lipinski definition) is 0. The maximum atomic E-state index is 6.40. The zero-order chi connectivity index (χ0) is 17.3. The monoisotopic (exact) mass is 436 g/mol. The van der Waals surface area contributed by atoms with Gasteiger partial charge in [-0.05, 0) is 88.4 Å². The van der Waals surface area contributed by atoms with Crippen molar-refractivity contribution in [2.24, 2.45) is 11.3 Å². The molecule has 0 spiro atoms. The SMILES string of the molecule is CCc1ccc2c(I)c(OC3CCC(C(C)(C)C)CC3)ccc2c1. The number of fused-ring (bicyclic) bond motifs is 1. The molecule has 1 aliphatic carbocycles. The van der Waals surface area contributed by atoms with Crippen molar-refractivity contribution >= 4 is 33.4 Å². The maximum Gasteiger partial charge on any atom is 0.133 e. The van der Waals surface area contributed by atoms with Crippen molar-refractivity contribution in [3.05, 3.63) is 39.5 Å². The van der Waals surface area contributed by atoms with Gasteiger partial charge in [-0.3, -0.25) is 0 Å². The summed E-state index contributed by atoms with van der Waals surface area (Å²) in [7, 11) is 0. The summed E-state index contributed by atoms with van der Waals surface area (Å²) in [5.74, 6) is 1.90. The van der Waals surface area contributed by atoms with Crippen LogP contribution in [-0.4, -0.2) is 6.10 Å². The lowest BCUT2D eigenvalue weighted by Gasteiger charge is -2.37. The smallest absolute Gasteiger partial charge is 0.133 e. The van der Waals surface area contributed by atoms with Gasteiger partial charge >= 0.3 is 0 Å². The molecule has 1 nitrogen and oxygen atoms in total. The minimum absolute atomic E-state index is 0.379. The Morgan fingerprint density at radius 3 is 2.38 bits per heavy atom. The minimum atomic E-state index is 0.379. The normalized spacial score (nSPS) is 21.9. The molecule has 0 N–H and O–H groups in total. The molecule has 1 fully saturated rings. The van der Waals surface area contributed by atoms with Gasteiger partial charge in [0.25, 0.3) is 0 Å². The molecule has 3 rings (SSSR count). The summed E-state index contributed by atoms with van der Waals surface area (Å²) in [5.41, 5.74) is 1.83. The van der Waals surface area contributed by atoms with Crippen LogP contribution in [-0.2, 0) is 6.42 Å². The van der Waals surface area contributed by atoms with Crippen LogP contribution in [0.4, 0.5) is 0 Å². The van der Waals surface area contributed by atoms with Crippen LogP contribution in [0.25, 0.3) is 10.8 Å². The first-order valence-corrected chi connectivity index (χ1v) is 10.3. The molecule has 0 amide bonds. The molecule has 2 aromatic carbocycles. The van der Waals surface area contributed by atoms with E-state index in [0.29, 0.717) is 11.5 Å². The highest BCUT2D eigenvalue weighted by molar-refractivity contribution is 14.1. The molecule has 0 bridgehead atoms. The Morgan fingerprint density at radius 2 is 1.75 bits per heavy atom. The molecule has 24 heavy (non-hydrogen) atoms. The van der Waals surface area contributed by atoms with E-state index in [0.717, 1.165) is 18.1 Å². The number of ether oxygens (including phenoxy) is 1. The Hall–Kier alpha value is -0.770. The fourth-order valence-corrected chi connectivity index (χ4v) is 4.66. The van der Waals surface area contributed by atoms with Crippen LogP contribution in [0.15, 0.2) is 30.3 Å². The molecule has 2 heteroatoms. The Balaban J connectivity index is 1.73. The second kappa shape index (κ2) is 7.23. The predicted octanol–water partition coefficient (Wildman–Crippen LogP) is 6.99. The molecule has 130 valence electrons. The summed E-state index contributed by atoms with van der Waals surface area (Å²) < 4.78 is 7.66. The number of benzene rings is 2. The summed E-state index contributed by atoms with van der Waals surface area (Å²) in [5, 5.41) is 2.64. The third-order valence-corrected chi connectivity index (χ3v) is 6.70. The van der Waals surface area contributed by atoms with Crippen LogP contribution in [0.3, 0.4) is 0 Å². The Bertz CT molecular complexity index is 706. The number of hydrogen-bond acceptors (Lipinski definition) is 1. The predicted molar refractivity (Wildman–Crippen MR) is 112 cm³/mol. The first kappa shape index (κ1) is 18.0. The van der Waals surface area contributed by atoms with Gasteiger partial charge in [-0.15, -0.1) is 0 Å². The molecule has 0 aliphatic heterocycles. The van der Waals surface area contributed by atoms with Crippen molar-refractivity contribution in [1.29, 1.82) is 0 Å². The summed E-state index contributed by atoms with van der Waals surface area (Å²) in [6, 6.07) is 11.2. The van der Waals surface area contributed by atoms with Crippen LogP contribution in [0.2, 0.25) is 0 Å². The zero-order valence-corrected chi connectivity index (χ0v) is 17.5. The van der Waals surface area contributed by atoms with E-state index in [1.165, 1.54) is 45.6 Å². The molecular weight excluding hydrogens is 407 g/mol. The third kappa shape index (κ3) is 3.89. The molecule has 0 radical (unpaired) electrons. The van der Waals surface area contributed by atoms with Crippen LogP contribution in [0.1, 0.15) is 58.9 Å². The molecular formula is C22H29IO. The van der Waals surface area contributed by atoms with E-state index in [-0.39, 0.29) is 0 Å². The summed E-state index contributed by atoms with van der Waals surface area (Å²) in [6.07, 6.45) is 6.41. The lowest BCUT2D eigenvalue weighted by molar-refractivity contribution is 0.0878. The number of halogens is 1. The largest absolute Gasteiger partial charge is 0.489 e. The lowest BCUT2D eigenvalue weighted by Crippen LogP contribution is -2.30. The molecule has 0 atom stereocenters. The van der Waals surface area contributed by atoms with Crippen LogP contribution in [0, 0.1) is 14.9 Å². The topological polar surface area (TPSA) is 9.23 Å². The first-order valence-electron chi connectivity index (χ1n) is 9.26. The van der Waals surface area contributed by atoms with Gasteiger partial charge in [0, 0.05) is 0 Å². The molecule has 0 heterocycles. The quantitative estimate of drug-likeness (QED) is 0.471. The summed E-state index contributed by atoms with van der Waals surface area (Å²) in [6.45, 7) is 9.32. The Kier molecular flexibility index (Phi) is 5.43. The summed E-state index contributed by atoms with van der Waals surface area (Å²) in [4.78, 5) is 0. The molecule has 0 saturated heterocycles. The van der Waals surface area contributed by atoms with Crippen molar-refractivity contribution in [2.75, 3.05) is 0 Å². The Labute approximate surface area is 160 Å². The van der Waals surface area contributed by atoms with Crippen molar-refractivity contribution in [1.82, 2.24) is 0 Å². The second-order valence-electron chi connectivity index (χ2n) is 8.24. The van der Waals surface area contributed by atoms with Gasteiger partial charge in [-0.25, -0.2) is 0 Å². The van der Waals surface area contributed by atoms with Gasteiger partial charge in [-0.2, -0.15) is 0 Å². The van der Waals surface area contributed by atoms with Crippen LogP contribution in [0.5, 0.6) is 5.75 Å². The highest BCUT2D eigenvalue weighted by Crippen LogP contribution is 2.39. The lowest BCUT2D eigenvalue weighted by atomic mass is 9.72. The van der Waals surface area contributed by atoms with Gasteiger partial charge in [0.05, 0.1) is 9.67 Å². The highest BCUT2D eigenvalue weighted by Gasteiger charge is 2.30. The standard InChI is InChI=1S/C22H29IO/c1-5-15-6-12-19-16(14-15)7-13-20(21(19)23)24-18-10-8-17(9-11-18)22(2,3)4/h6-7,12-14,17-18H,5,8-11H2,1-4H3. The number of aryl methyl sites for hydroxylation is 1. The average Bonchev–Trinajstić information content (AvgIpc) is 2.57. The van der Waals surface area contributed by atoms with Crippen molar-refractivity contribution in [2.45, 2.75) is 65.9 Å². The van der Waals surface area contributed by atoms with E-state index in [2.05, 4.69) is 80.6 Å². The van der Waals surface area contributed by atoms with Crippen LogP contribution >= 0.6 is 22.6 Å². The van der Waals surface area contributed by atoms with Gasteiger partial charge in [-0.1, -0.05) is 52.0 Å². The van der Waals surface area contributed by atoms with Gasteiger partial charge in [0.15, 0.2) is 0 Å². The van der Waals surface area contributed by atoms with E-state index < -0.39 is 0 Å². The Morgan fingerprint density at radius 1 is 1.04 bits per heavy atom. The van der Waals surface area contributed by atoms with Crippen molar-refractivity contribution < 1.29 is 4.74 Å². The van der Waals surface area contributed by atoms with E-state index >= 15 is 0 Å². The molecule has 0 aromatic heterocycles. The fourth-order valence-electron chi connectivity index (χ4n) is 3.86. The first-order chi connectivity index (χ1) is 11.4. The average molecular weight is 436 g/mol. The minimum Gasteiger partial charge on any atom is -0.489 e. The third-order valence-electron chi connectivity index (χ3n) is 5.58. The van der Waals surface area contributed by atoms with Gasteiger partial charge in [0.2, 0.25) is 0 Å². The van der Waals surface area contributed by atoms with E-state index in [9.17, 15) is 0 Å². The van der Waals surface area contributed by atoms with E-state index in [4.69, 9.17) is 4.74 Å². The molecule has 1 saturated carbocycles. The van der Waals surface area contributed by atoms with Crippen LogP contribution < -0.4 is 4.74 Å². The van der Waals surface area contributed by atoms with Crippen molar-refractivity contribution in [3.63, 3.8) is 0 Å². The van der Waals surface area contributed by atoms with Crippen molar-refractivity contribution in [3.8, 4) is 5.75 Å². The number of rotatable bonds is 3. The van der Waals surface area contributed by atoms with E-state index in [1.807, 2.05) is 0 Å². The molecule has 1 aliphatic rings.